The summed E-state index contributed by atoms with van der Waals surface area (Å²) in [5.41, 5.74) is 0.265. The molecule has 1 N–H and O–H groups in total. The second-order valence-corrected chi connectivity index (χ2v) is 7.17. The van der Waals surface area contributed by atoms with Gasteiger partial charge in [-0.05, 0) is 64.6 Å². The van der Waals surface area contributed by atoms with E-state index in [1.165, 1.54) is 25.7 Å². The SMILES string of the molecule is CCNC(C1CCC(C)C(C)C1)C(C)(CC)N(C)C. The smallest absolute Gasteiger partial charge is 0.0328 e. The molecule has 0 aliphatic heterocycles. The summed E-state index contributed by atoms with van der Waals surface area (Å²) in [6.45, 7) is 13.0. The minimum atomic E-state index is 0.265. The largest absolute Gasteiger partial charge is 0.312 e. The van der Waals surface area contributed by atoms with E-state index < -0.39 is 0 Å². The maximum atomic E-state index is 3.82. The van der Waals surface area contributed by atoms with Crippen molar-refractivity contribution in [3.05, 3.63) is 0 Å². The van der Waals surface area contributed by atoms with Crippen molar-refractivity contribution in [2.24, 2.45) is 17.8 Å². The van der Waals surface area contributed by atoms with Gasteiger partial charge in [0.25, 0.3) is 0 Å². The van der Waals surface area contributed by atoms with Crippen molar-refractivity contribution >= 4 is 0 Å². The molecule has 0 heterocycles. The zero-order valence-electron chi connectivity index (χ0n) is 14.3. The molecule has 1 aliphatic rings. The molecule has 0 amide bonds. The highest BCUT2D eigenvalue weighted by Crippen LogP contribution is 2.39. The van der Waals surface area contributed by atoms with Crippen LogP contribution in [0.1, 0.15) is 60.3 Å². The van der Waals surface area contributed by atoms with Gasteiger partial charge in [0.1, 0.15) is 0 Å². The monoisotopic (exact) mass is 268 g/mol. The van der Waals surface area contributed by atoms with Crippen LogP contribution in [0.4, 0.5) is 0 Å². The summed E-state index contributed by atoms with van der Waals surface area (Å²) < 4.78 is 0. The highest BCUT2D eigenvalue weighted by molar-refractivity contribution is 4.99. The Kier molecular flexibility index (Phi) is 6.32. The third kappa shape index (κ3) is 3.72. The molecule has 0 saturated heterocycles. The van der Waals surface area contributed by atoms with Crippen LogP contribution in [0.5, 0.6) is 0 Å². The first-order valence-corrected chi connectivity index (χ1v) is 8.27. The van der Waals surface area contributed by atoms with E-state index in [9.17, 15) is 0 Å². The molecule has 0 aromatic rings. The summed E-state index contributed by atoms with van der Waals surface area (Å²) in [6, 6.07) is 0.618. The Morgan fingerprint density at radius 2 is 1.79 bits per heavy atom. The first-order valence-electron chi connectivity index (χ1n) is 8.27. The minimum Gasteiger partial charge on any atom is -0.312 e. The highest BCUT2D eigenvalue weighted by Gasteiger charge is 2.41. The van der Waals surface area contributed by atoms with Gasteiger partial charge < -0.3 is 10.2 Å². The standard InChI is InChI=1S/C17H36N2/c1-8-17(5,19(6)7)16(18-9-2)15-11-10-13(3)14(4)12-15/h13-16,18H,8-12H2,1-7H3. The van der Waals surface area contributed by atoms with Crippen LogP contribution in [0.3, 0.4) is 0 Å². The zero-order valence-corrected chi connectivity index (χ0v) is 14.3. The van der Waals surface area contributed by atoms with Gasteiger partial charge in [-0.15, -0.1) is 0 Å². The van der Waals surface area contributed by atoms with Crippen LogP contribution in [0, 0.1) is 17.8 Å². The molecule has 1 saturated carbocycles. The van der Waals surface area contributed by atoms with Crippen molar-refractivity contribution < 1.29 is 0 Å². The molecular formula is C17H36N2. The first-order chi connectivity index (χ1) is 8.86. The van der Waals surface area contributed by atoms with Crippen LogP contribution in [0.2, 0.25) is 0 Å². The summed E-state index contributed by atoms with van der Waals surface area (Å²) >= 11 is 0. The lowest BCUT2D eigenvalue weighted by molar-refractivity contribution is 0.0516. The van der Waals surface area contributed by atoms with E-state index >= 15 is 0 Å². The Balaban J connectivity index is 2.87. The number of hydrogen-bond acceptors (Lipinski definition) is 2. The molecule has 0 spiro atoms. The predicted molar refractivity (Wildman–Crippen MR) is 85.5 cm³/mol. The van der Waals surface area contributed by atoms with Crippen molar-refractivity contribution in [1.29, 1.82) is 0 Å². The number of hydrogen-bond donors (Lipinski definition) is 1. The fourth-order valence-corrected chi connectivity index (χ4v) is 3.82. The molecule has 5 atom stereocenters. The van der Waals surface area contributed by atoms with Gasteiger partial charge in [-0.1, -0.05) is 34.1 Å². The Labute approximate surface area is 121 Å². The lowest BCUT2D eigenvalue weighted by atomic mass is 9.68. The minimum absolute atomic E-state index is 0.265. The summed E-state index contributed by atoms with van der Waals surface area (Å²) in [6.07, 6.45) is 5.40. The second-order valence-electron chi connectivity index (χ2n) is 7.17. The fourth-order valence-electron chi connectivity index (χ4n) is 3.82. The van der Waals surface area contributed by atoms with Crippen LogP contribution in [0.15, 0.2) is 0 Å². The molecule has 1 fully saturated rings. The molecule has 0 aromatic carbocycles. The molecule has 0 aromatic heterocycles. The Morgan fingerprint density at radius 1 is 1.16 bits per heavy atom. The van der Waals surface area contributed by atoms with Crippen molar-refractivity contribution in [1.82, 2.24) is 10.2 Å². The van der Waals surface area contributed by atoms with Gasteiger partial charge in [-0.2, -0.15) is 0 Å². The van der Waals surface area contributed by atoms with E-state index in [1.54, 1.807) is 0 Å². The fraction of sp³-hybridized carbons (Fsp3) is 1.00. The average molecular weight is 268 g/mol. The van der Waals surface area contributed by atoms with E-state index in [0.717, 1.165) is 24.3 Å². The van der Waals surface area contributed by atoms with Crippen LogP contribution < -0.4 is 5.32 Å². The van der Waals surface area contributed by atoms with Gasteiger partial charge in [0.2, 0.25) is 0 Å². The number of rotatable bonds is 6. The van der Waals surface area contributed by atoms with E-state index in [1.807, 2.05) is 0 Å². The number of nitrogens with one attached hydrogen (secondary N) is 1. The molecule has 0 bridgehead atoms. The summed E-state index contributed by atoms with van der Waals surface area (Å²) in [7, 11) is 4.48. The predicted octanol–water partition coefficient (Wildman–Crippen LogP) is 3.77. The molecule has 5 unspecified atom stereocenters. The lowest BCUT2D eigenvalue weighted by Gasteiger charge is -2.49. The quantitative estimate of drug-likeness (QED) is 0.789. The average Bonchev–Trinajstić information content (AvgIpc) is 2.38. The Morgan fingerprint density at radius 3 is 2.21 bits per heavy atom. The molecule has 2 nitrogen and oxygen atoms in total. The van der Waals surface area contributed by atoms with Crippen LogP contribution in [0.25, 0.3) is 0 Å². The van der Waals surface area contributed by atoms with Crippen LogP contribution in [-0.2, 0) is 0 Å². The van der Waals surface area contributed by atoms with Crippen LogP contribution >= 0.6 is 0 Å². The van der Waals surface area contributed by atoms with Gasteiger partial charge in [-0.3, -0.25) is 0 Å². The van der Waals surface area contributed by atoms with Crippen molar-refractivity contribution in [3.63, 3.8) is 0 Å². The third-order valence-corrected chi connectivity index (χ3v) is 5.94. The highest BCUT2D eigenvalue weighted by atomic mass is 15.2. The van der Waals surface area contributed by atoms with E-state index in [2.05, 4.69) is 58.9 Å². The maximum Gasteiger partial charge on any atom is 0.0328 e. The van der Waals surface area contributed by atoms with Gasteiger partial charge in [-0.25, -0.2) is 0 Å². The van der Waals surface area contributed by atoms with Gasteiger partial charge >= 0.3 is 0 Å². The molecule has 2 heteroatoms. The van der Waals surface area contributed by atoms with Crippen molar-refractivity contribution in [3.8, 4) is 0 Å². The van der Waals surface area contributed by atoms with Crippen molar-refractivity contribution in [2.45, 2.75) is 71.9 Å². The lowest BCUT2D eigenvalue weighted by Crippen LogP contribution is -2.60. The summed E-state index contributed by atoms with van der Waals surface area (Å²) in [5, 5.41) is 3.82. The molecule has 114 valence electrons. The molecule has 1 aliphatic carbocycles. The molecule has 1 rings (SSSR count). The van der Waals surface area contributed by atoms with Gasteiger partial charge in [0.05, 0.1) is 0 Å². The van der Waals surface area contributed by atoms with Crippen LogP contribution in [-0.4, -0.2) is 37.1 Å². The van der Waals surface area contributed by atoms with Gasteiger partial charge in [0.15, 0.2) is 0 Å². The maximum absolute atomic E-state index is 3.82. The van der Waals surface area contributed by atoms with Gasteiger partial charge in [0, 0.05) is 11.6 Å². The number of likely N-dealkylation sites (N-methyl/N-ethyl adjacent to an activating group) is 2. The topological polar surface area (TPSA) is 15.3 Å². The van der Waals surface area contributed by atoms with E-state index in [4.69, 9.17) is 0 Å². The van der Waals surface area contributed by atoms with Crippen molar-refractivity contribution in [2.75, 3.05) is 20.6 Å². The summed E-state index contributed by atoms with van der Waals surface area (Å²) in [4.78, 5) is 2.43. The van der Waals surface area contributed by atoms with E-state index in [0.29, 0.717) is 6.04 Å². The zero-order chi connectivity index (χ0) is 14.6. The molecule has 0 radical (unpaired) electrons. The Bertz CT molecular complexity index is 264. The molecule has 19 heavy (non-hydrogen) atoms. The van der Waals surface area contributed by atoms with E-state index in [-0.39, 0.29) is 5.54 Å². The first kappa shape index (κ1) is 17.0. The second kappa shape index (κ2) is 7.08. The summed E-state index contributed by atoms with van der Waals surface area (Å²) in [5.74, 6) is 2.62. The number of nitrogens with zero attached hydrogens (tertiary/aromatic N) is 1. The molecular weight excluding hydrogens is 232 g/mol. The normalized spacial score (nSPS) is 33.2. The third-order valence-electron chi connectivity index (χ3n) is 5.94. The Hall–Kier alpha value is -0.0800.